The molecule has 1 N–H and O–H groups in total. The van der Waals surface area contributed by atoms with E-state index in [2.05, 4.69) is 0 Å². The first kappa shape index (κ1) is 24.6. The number of rotatable bonds is 8. The molecule has 0 aliphatic heterocycles. The lowest BCUT2D eigenvalue weighted by atomic mass is 9.96. The van der Waals surface area contributed by atoms with Crippen molar-refractivity contribution in [2.45, 2.75) is 34.3 Å². The van der Waals surface area contributed by atoms with E-state index in [0.29, 0.717) is 40.4 Å². The van der Waals surface area contributed by atoms with E-state index in [1.807, 2.05) is 30.3 Å². The molecule has 0 aliphatic rings. The largest absolute Gasteiger partial charge is 0.496 e. The highest BCUT2D eigenvalue weighted by Crippen LogP contribution is 2.40. The fraction of sp³-hybridized carbons (Fsp3) is 0.259. The van der Waals surface area contributed by atoms with Gasteiger partial charge in [0.2, 0.25) is 0 Å². The molecule has 0 saturated carbocycles. The molecule has 0 aliphatic carbocycles. The van der Waals surface area contributed by atoms with E-state index in [0.717, 1.165) is 5.56 Å². The van der Waals surface area contributed by atoms with Crippen molar-refractivity contribution in [3.63, 3.8) is 0 Å². The molecule has 0 bridgehead atoms. The molecule has 7 nitrogen and oxygen atoms in total. The summed E-state index contributed by atoms with van der Waals surface area (Å²) in [6, 6.07) is 13.1. The molecule has 0 atom stereocenters. The normalized spacial score (nSPS) is 10.5. The van der Waals surface area contributed by atoms with Crippen LogP contribution in [0.25, 0.3) is 0 Å². The van der Waals surface area contributed by atoms with Crippen LogP contribution in [0.4, 0.5) is 0 Å². The summed E-state index contributed by atoms with van der Waals surface area (Å²) in [7, 11) is 2.87. The summed E-state index contributed by atoms with van der Waals surface area (Å²) >= 11 is 0. The second-order valence-corrected chi connectivity index (χ2v) is 7.90. The van der Waals surface area contributed by atoms with Gasteiger partial charge in [-0.05, 0) is 56.0 Å². The van der Waals surface area contributed by atoms with Gasteiger partial charge in [0, 0.05) is 11.6 Å². The standard InChI is InChI=1S/C27H28O7/c1-15-12-20(33-14-19-10-8-7-9-11-19)13-21(31-5)22(15)27(30)34-25-17(3)16(2)23(26(28)29)18(4)24(25)32-6/h7-13H,14H2,1-6H3,(H,28,29). The van der Waals surface area contributed by atoms with Gasteiger partial charge in [-0.2, -0.15) is 0 Å². The Hall–Kier alpha value is -4.00. The maximum absolute atomic E-state index is 13.3. The maximum atomic E-state index is 13.3. The SMILES string of the molecule is COc1cc(OCc2ccccc2)cc(C)c1C(=O)Oc1c(C)c(C)c(C(=O)O)c(C)c1OC. The second kappa shape index (κ2) is 10.3. The Bertz CT molecular complexity index is 1230. The minimum Gasteiger partial charge on any atom is -0.496 e. The van der Waals surface area contributed by atoms with Crippen LogP contribution in [0.3, 0.4) is 0 Å². The Labute approximate surface area is 198 Å². The van der Waals surface area contributed by atoms with Crippen LogP contribution >= 0.6 is 0 Å². The molecule has 0 spiro atoms. The molecule has 0 aromatic heterocycles. The van der Waals surface area contributed by atoms with Gasteiger partial charge in [-0.1, -0.05) is 30.3 Å². The summed E-state index contributed by atoms with van der Waals surface area (Å²) < 4.78 is 22.5. The van der Waals surface area contributed by atoms with E-state index < -0.39 is 11.9 Å². The van der Waals surface area contributed by atoms with Crippen molar-refractivity contribution in [3.05, 3.63) is 81.4 Å². The third kappa shape index (κ3) is 4.83. The Kier molecular flexibility index (Phi) is 7.46. The predicted molar refractivity (Wildman–Crippen MR) is 128 cm³/mol. The molecule has 0 heterocycles. The van der Waals surface area contributed by atoms with Gasteiger partial charge in [-0.3, -0.25) is 0 Å². The third-order valence-corrected chi connectivity index (χ3v) is 5.76. The van der Waals surface area contributed by atoms with E-state index in [-0.39, 0.29) is 22.6 Å². The molecular formula is C27H28O7. The lowest BCUT2D eigenvalue weighted by Gasteiger charge is -2.20. The minimum atomic E-state index is -1.07. The van der Waals surface area contributed by atoms with Crippen LogP contribution in [0, 0.1) is 27.7 Å². The monoisotopic (exact) mass is 464 g/mol. The molecular weight excluding hydrogens is 436 g/mol. The molecule has 3 rings (SSSR count). The molecule has 0 amide bonds. The van der Waals surface area contributed by atoms with Crippen molar-refractivity contribution >= 4 is 11.9 Å². The van der Waals surface area contributed by atoms with Gasteiger partial charge in [-0.25, -0.2) is 9.59 Å². The van der Waals surface area contributed by atoms with Crippen molar-refractivity contribution < 1.29 is 33.6 Å². The molecule has 0 unspecified atom stereocenters. The lowest BCUT2D eigenvalue weighted by molar-refractivity contribution is 0.0694. The zero-order valence-corrected chi connectivity index (χ0v) is 20.1. The summed E-state index contributed by atoms with van der Waals surface area (Å²) in [5.41, 5.74) is 3.39. The van der Waals surface area contributed by atoms with Crippen LogP contribution in [0.2, 0.25) is 0 Å². The van der Waals surface area contributed by atoms with E-state index >= 15 is 0 Å². The highest BCUT2D eigenvalue weighted by Gasteiger charge is 2.27. The number of esters is 1. The summed E-state index contributed by atoms with van der Waals surface area (Å²) in [5.74, 6) is -0.474. The van der Waals surface area contributed by atoms with Gasteiger partial charge in [-0.15, -0.1) is 0 Å². The van der Waals surface area contributed by atoms with Crippen molar-refractivity contribution in [3.8, 4) is 23.0 Å². The van der Waals surface area contributed by atoms with Gasteiger partial charge < -0.3 is 24.1 Å². The summed E-state index contributed by atoms with van der Waals surface area (Å²) in [5, 5.41) is 9.60. The van der Waals surface area contributed by atoms with Crippen LogP contribution in [-0.2, 0) is 6.61 Å². The molecule has 3 aromatic rings. The highest BCUT2D eigenvalue weighted by molar-refractivity contribution is 5.97. The van der Waals surface area contributed by atoms with Crippen LogP contribution in [0.5, 0.6) is 23.0 Å². The number of carbonyl (C=O) groups is 2. The number of carbonyl (C=O) groups excluding carboxylic acids is 1. The maximum Gasteiger partial charge on any atom is 0.347 e. The minimum absolute atomic E-state index is 0.128. The first-order chi connectivity index (χ1) is 16.2. The molecule has 7 heteroatoms. The average Bonchev–Trinajstić information content (AvgIpc) is 2.81. The van der Waals surface area contributed by atoms with Crippen LogP contribution < -0.4 is 18.9 Å². The molecule has 34 heavy (non-hydrogen) atoms. The first-order valence-electron chi connectivity index (χ1n) is 10.7. The van der Waals surface area contributed by atoms with Gasteiger partial charge in [0.05, 0.1) is 19.8 Å². The van der Waals surface area contributed by atoms with E-state index in [1.54, 1.807) is 39.8 Å². The van der Waals surface area contributed by atoms with Gasteiger partial charge >= 0.3 is 11.9 Å². The number of benzene rings is 3. The summed E-state index contributed by atoms with van der Waals surface area (Å²) in [6.07, 6.45) is 0. The number of hydrogen-bond donors (Lipinski definition) is 1. The van der Waals surface area contributed by atoms with Gasteiger partial charge in [0.1, 0.15) is 23.7 Å². The molecule has 0 radical (unpaired) electrons. The van der Waals surface area contributed by atoms with E-state index in [1.165, 1.54) is 14.2 Å². The quantitative estimate of drug-likeness (QED) is 0.351. The average molecular weight is 465 g/mol. The van der Waals surface area contributed by atoms with Crippen molar-refractivity contribution in [2.24, 2.45) is 0 Å². The zero-order chi connectivity index (χ0) is 25.0. The molecule has 0 saturated heterocycles. The van der Waals surface area contributed by atoms with Crippen LogP contribution in [-0.4, -0.2) is 31.3 Å². The second-order valence-electron chi connectivity index (χ2n) is 7.90. The number of methoxy groups -OCH3 is 2. The highest BCUT2D eigenvalue weighted by atomic mass is 16.6. The van der Waals surface area contributed by atoms with Crippen molar-refractivity contribution in [2.75, 3.05) is 14.2 Å². The summed E-state index contributed by atoms with van der Waals surface area (Å²) in [6.45, 7) is 7.13. The smallest absolute Gasteiger partial charge is 0.347 e. The number of carboxylic acid groups (broad SMARTS) is 1. The summed E-state index contributed by atoms with van der Waals surface area (Å²) in [4.78, 5) is 25.0. The van der Waals surface area contributed by atoms with Gasteiger partial charge in [0.15, 0.2) is 11.5 Å². The zero-order valence-electron chi connectivity index (χ0n) is 20.1. The lowest BCUT2D eigenvalue weighted by Crippen LogP contribution is -2.16. The third-order valence-electron chi connectivity index (χ3n) is 5.76. The number of aryl methyl sites for hydroxylation is 1. The number of hydrogen-bond acceptors (Lipinski definition) is 6. The Morgan fingerprint density at radius 1 is 0.824 bits per heavy atom. The van der Waals surface area contributed by atoms with Crippen LogP contribution in [0.1, 0.15) is 48.5 Å². The number of ether oxygens (including phenoxy) is 4. The number of carboxylic acids is 1. The fourth-order valence-electron chi connectivity index (χ4n) is 3.90. The van der Waals surface area contributed by atoms with Crippen LogP contribution in [0.15, 0.2) is 42.5 Å². The molecule has 3 aromatic carbocycles. The Morgan fingerprint density at radius 3 is 2.09 bits per heavy atom. The Balaban J connectivity index is 1.95. The van der Waals surface area contributed by atoms with E-state index in [9.17, 15) is 14.7 Å². The molecule has 0 fully saturated rings. The first-order valence-corrected chi connectivity index (χ1v) is 10.7. The Morgan fingerprint density at radius 2 is 1.50 bits per heavy atom. The molecule has 178 valence electrons. The predicted octanol–water partition coefficient (Wildman–Crippen LogP) is 5.43. The van der Waals surface area contributed by atoms with Crippen molar-refractivity contribution in [1.82, 2.24) is 0 Å². The topological polar surface area (TPSA) is 91.3 Å². The fourth-order valence-corrected chi connectivity index (χ4v) is 3.90. The van der Waals surface area contributed by atoms with Gasteiger partial charge in [0.25, 0.3) is 0 Å². The number of aromatic carboxylic acids is 1. The van der Waals surface area contributed by atoms with Crippen molar-refractivity contribution in [1.29, 1.82) is 0 Å². The van der Waals surface area contributed by atoms with E-state index in [4.69, 9.17) is 18.9 Å².